The summed E-state index contributed by atoms with van der Waals surface area (Å²) in [6.07, 6.45) is -0.731. The molecule has 1 aliphatic rings. The second kappa shape index (κ2) is 9.07. The molecule has 0 radical (unpaired) electrons. The number of nitrogens with zero attached hydrogens (tertiary/aromatic N) is 1. The molecule has 1 aliphatic heterocycles. The van der Waals surface area contributed by atoms with Crippen LogP contribution in [0.15, 0.2) is 42.5 Å². The van der Waals surface area contributed by atoms with Gasteiger partial charge in [-0.2, -0.15) is 0 Å². The summed E-state index contributed by atoms with van der Waals surface area (Å²) in [5.41, 5.74) is 3.94. The van der Waals surface area contributed by atoms with E-state index in [1.807, 2.05) is 42.5 Å². The Morgan fingerprint density at radius 3 is 2.54 bits per heavy atom. The van der Waals surface area contributed by atoms with Gasteiger partial charge in [0, 0.05) is 48.7 Å². The number of piperazine rings is 1. The van der Waals surface area contributed by atoms with Crippen molar-refractivity contribution in [3.63, 3.8) is 0 Å². The van der Waals surface area contributed by atoms with Crippen LogP contribution in [-0.2, 0) is 0 Å². The molecule has 0 aliphatic carbocycles. The molecule has 0 aromatic heterocycles. The molecule has 2 unspecified atom stereocenters. The summed E-state index contributed by atoms with van der Waals surface area (Å²) < 4.78 is 15.0. The lowest BCUT2D eigenvalue weighted by Crippen LogP contribution is -2.43. The fourth-order valence-electron chi connectivity index (χ4n) is 3.60. The van der Waals surface area contributed by atoms with Crippen molar-refractivity contribution in [2.45, 2.75) is 25.4 Å². The third-order valence-electron chi connectivity index (χ3n) is 5.06. The zero-order chi connectivity index (χ0) is 18.5. The van der Waals surface area contributed by atoms with Gasteiger partial charge >= 0.3 is 0 Å². The first-order valence-corrected chi connectivity index (χ1v) is 10.0. The quantitative estimate of drug-likeness (QED) is 0.652. The molecule has 3 rings (SSSR count). The number of aryl methyl sites for hydroxylation is 1. The third kappa shape index (κ3) is 4.51. The van der Waals surface area contributed by atoms with Crippen molar-refractivity contribution >= 4 is 28.9 Å². The van der Waals surface area contributed by atoms with Crippen LogP contribution in [-0.4, -0.2) is 32.1 Å². The minimum Gasteiger partial charge on any atom is -0.369 e. The van der Waals surface area contributed by atoms with Crippen LogP contribution in [0.1, 0.15) is 35.2 Å². The summed E-state index contributed by atoms with van der Waals surface area (Å²) in [5, 5.41) is 4.01. The molecule has 1 heterocycles. The van der Waals surface area contributed by atoms with Gasteiger partial charge in [0.1, 0.15) is 6.17 Å². The van der Waals surface area contributed by atoms with E-state index in [0.717, 1.165) is 37.3 Å². The van der Waals surface area contributed by atoms with Crippen molar-refractivity contribution in [1.29, 1.82) is 0 Å². The summed E-state index contributed by atoms with van der Waals surface area (Å²) >= 11 is 12.4. The number of alkyl halides is 2. The van der Waals surface area contributed by atoms with Crippen LogP contribution in [0.25, 0.3) is 0 Å². The number of halogens is 3. The van der Waals surface area contributed by atoms with Crippen molar-refractivity contribution in [2.24, 2.45) is 0 Å². The van der Waals surface area contributed by atoms with Crippen LogP contribution >= 0.6 is 23.2 Å². The molecular weight excluding hydrogens is 370 g/mol. The molecule has 2 aromatic carbocycles. The van der Waals surface area contributed by atoms with Gasteiger partial charge in [0.15, 0.2) is 0 Å². The highest BCUT2D eigenvalue weighted by atomic mass is 35.5. The van der Waals surface area contributed by atoms with Gasteiger partial charge < -0.3 is 10.2 Å². The number of rotatable bonds is 6. The number of hydrogen-bond donors (Lipinski definition) is 1. The Kier molecular flexibility index (Phi) is 6.80. The van der Waals surface area contributed by atoms with Crippen molar-refractivity contribution in [1.82, 2.24) is 5.32 Å². The van der Waals surface area contributed by atoms with E-state index in [9.17, 15) is 0 Å². The summed E-state index contributed by atoms with van der Waals surface area (Å²) in [5.74, 6) is 0.246. The first kappa shape index (κ1) is 19.5. The Hall–Kier alpha value is -1.29. The van der Waals surface area contributed by atoms with Crippen LogP contribution in [0, 0.1) is 6.92 Å². The normalized spacial score (nSPS) is 17.2. The molecule has 1 N–H and O–H groups in total. The number of anilines is 1. The molecule has 2 aromatic rings. The predicted molar refractivity (Wildman–Crippen MR) is 110 cm³/mol. The minimum atomic E-state index is -1.06. The van der Waals surface area contributed by atoms with E-state index in [4.69, 9.17) is 23.2 Å². The Bertz CT molecular complexity index is 732. The number of benzene rings is 2. The molecule has 0 bridgehead atoms. The highest BCUT2D eigenvalue weighted by molar-refractivity contribution is 6.31. The van der Waals surface area contributed by atoms with Crippen LogP contribution in [0.2, 0.25) is 5.02 Å². The van der Waals surface area contributed by atoms with Gasteiger partial charge in [-0.05, 0) is 42.2 Å². The molecule has 0 amide bonds. The van der Waals surface area contributed by atoms with E-state index in [2.05, 4.69) is 17.1 Å². The van der Waals surface area contributed by atoms with Gasteiger partial charge in [0.05, 0.1) is 0 Å². The van der Waals surface area contributed by atoms with Gasteiger partial charge in [-0.25, -0.2) is 4.39 Å². The van der Waals surface area contributed by atoms with Gasteiger partial charge in [0.2, 0.25) is 0 Å². The molecule has 5 heteroatoms. The molecule has 140 valence electrons. The topological polar surface area (TPSA) is 15.3 Å². The van der Waals surface area contributed by atoms with Crippen LogP contribution < -0.4 is 10.2 Å². The maximum absolute atomic E-state index is 15.0. The first-order valence-electron chi connectivity index (χ1n) is 9.11. The largest absolute Gasteiger partial charge is 0.369 e. The summed E-state index contributed by atoms with van der Waals surface area (Å²) in [4.78, 5) is 2.36. The first-order chi connectivity index (χ1) is 12.6. The highest BCUT2D eigenvalue weighted by Crippen LogP contribution is 2.36. The lowest BCUT2D eigenvalue weighted by atomic mass is 9.92. The van der Waals surface area contributed by atoms with Gasteiger partial charge in [-0.1, -0.05) is 41.9 Å². The third-order valence-corrected chi connectivity index (χ3v) is 5.78. The van der Waals surface area contributed by atoms with Crippen molar-refractivity contribution in [3.8, 4) is 0 Å². The van der Waals surface area contributed by atoms with Gasteiger partial charge in [-0.3, -0.25) is 0 Å². The Morgan fingerprint density at radius 1 is 1.15 bits per heavy atom. The highest BCUT2D eigenvalue weighted by Gasteiger charge is 2.21. The average Bonchev–Trinajstić information content (AvgIpc) is 2.67. The van der Waals surface area contributed by atoms with E-state index < -0.39 is 6.17 Å². The lowest BCUT2D eigenvalue weighted by Gasteiger charge is -2.31. The molecule has 2 nitrogen and oxygen atoms in total. The van der Waals surface area contributed by atoms with E-state index in [-0.39, 0.29) is 5.92 Å². The van der Waals surface area contributed by atoms with Crippen LogP contribution in [0.5, 0.6) is 0 Å². The average molecular weight is 395 g/mol. The minimum absolute atomic E-state index is 0.103. The molecule has 0 saturated carbocycles. The monoisotopic (exact) mass is 394 g/mol. The molecular formula is C21H25Cl2FN2. The SMILES string of the molecule is Cc1cc(C(F)CC(CCl)c2ccccc2Cl)ccc1N1CCNCC1. The maximum atomic E-state index is 15.0. The summed E-state index contributed by atoms with van der Waals surface area (Å²) in [7, 11) is 0. The summed E-state index contributed by atoms with van der Waals surface area (Å²) in [6.45, 7) is 6.01. The molecule has 26 heavy (non-hydrogen) atoms. The molecule has 1 fully saturated rings. The lowest BCUT2D eigenvalue weighted by molar-refractivity contribution is 0.307. The Morgan fingerprint density at radius 2 is 1.88 bits per heavy atom. The van der Waals surface area contributed by atoms with E-state index in [0.29, 0.717) is 22.9 Å². The van der Waals surface area contributed by atoms with Crippen molar-refractivity contribution in [2.75, 3.05) is 37.0 Å². The smallest absolute Gasteiger partial charge is 0.126 e. The predicted octanol–water partition coefficient (Wildman–Crippen LogP) is 5.48. The molecule has 1 saturated heterocycles. The molecule has 0 spiro atoms. The number of hydrogen-bond acceptors (Lipinski definition) is 2. The molecule has 2 atom stereocenters. The maximum Gasteiger partial charge on any atom is 0.126 e. The zero-order valence-electron chi connectivity index (χ0n) is 15.0. The second-order valence-corrected chi connectivity index (χ2v) is 7.57. The van der Waals surface area contributed by atoms with Crippen LogP contribution in [0.3, 0.4) is 0 Å². The second-order valence-electron chi connectivity index (χ2n) is 6.86. The number of nitrogens with one attached hydrogen (secondary N) is 1. The van der Waals surface area contributed by atoms with Crippen LogP contribution in [0.4, 0.5) is 10.1 Å². The van der Waals surface area contributed by atoms with Gasteiger partial charge in [0.25, 0.3) is 0 Å². The van der Waals surface area contributed by atoms with E-state index in [1.165, 1.54) is 5.69 Å². The fourth-order valence-corrected chi connectivity index (χ4v) is 4.18. The zero-order valence-corrected chi connectivity index (χ0v) is 16.5. The van der Waals surface area contributed by atoms with E-state index in [1.54, 1.807) is 0 Å². The van der Waals surface area contributed by atoms with Crippen molar-refractivity contribution < 1.29 is 4.39 Å². The fraction of sp³-hybridized carbons (Fsp3) is 0.429. The van der Waals surface area contributed by atoms with Gasteiger partial charge in [-0.15, -0.1) is 11.6 Å². The standard InChI is InChI=1S/C21H25Cl2FN2/c1-15-12-16(6-7-21(15)26-10-8-25-9-11-26)20(24)13-17(14-22)18-4-2-3-5-19(18)23/h2-7,12,17,20,25H,8-11,13-14H2,1H3. The van der Waals surface area contributed by atoms with Crippen molar-refractivity contribution in [3.05, 3.63) is 64.2 Å². The Labute approximate surface area is 165 Å². The Balaban J connectivity index is 1.73. The summed E-state index contributed by atoms with van der Waals surface area (Å²) in [6, 6.07) is 13.5. The van der Waals surface area contributed by atoms with E-state index >= 15 is 4.39 Å².